The van der Waals surface area contributed by atoms with E-state index in [1.54, 1.807) is 12.4 Å². The second kappa shape index (κ2) is 12.6. The number of nitrogens with zero attached hydrogens (tertiary/aromatic N) is 3. The van der Waals surface area contributed by atoms with Crippen molar-refractivity contribution in [2.45, 2.75) is 0 Å². The Morgan fingerprint density at radius 2 is 0.727 bits per heavy atom. The van der Waals surface area contributed by atoms with Crippen LogP contribution in [0.2, 0.25) is 0 Å². The molecule has 0 atom stereocenters. The van der Waals surface area contributed by atoms with Crippen LogP contribution in [0.3, 0.4) is 0 Å². The fraction of sp³-hybridized carbons (Fsp3) is 0. The maximum absolute atomic E-state index is 4.72. The summed E-state index contributed by atoms with van der Waals surface area (Å²) in [7, 11) is 0. The third kappa shape index (κ3) is 5.20. The van der Waals surface area contributed by atoms with Crippen LogP contribution in [0.4, 0.5) is 0 Å². The fourth-order valence-electron chi connectivity index (χ4n) is 8.41. The van der Waals surface area contributed by atoms with Gasteiger partial charge in [0.25, 0.3) is 0 Å². The Kier molecular flexibility index (Phi) is 7.17. The number of rotatable bonds is 5. The summed E-state index contributed by atoms with van der Waals surface area (Å²) in [4.78, 5) is 9.40. The molecule has 256 valence electrons. The maximum atomic E-state index is 4.72. The second-order valence-corrected chi connectivity index (χ2v) is 14.2. The lowest BCUT2D eigenvalue weighted by molar-refractivity contribution is 1.18. The van der Waals surface area contributed by atoms with Crippen molar-refractivity contribution in [3.05, 3.63) is 200 Å². The van der Waals surface area contributed by atoms with Gasteiger partial charge < -0.3 is 4.57 Å². The van der Waals surface area contributed by atoms with Gasteiger partial charge in [-0.1, -0.05) is 146 Å². The lowest BCUT2D eigenvalue weighted by Gasteiger charge is -2.11. The monoisotopic (exact) mass is 699 g/mol. The molecule has 0 amide bonds. The van der Waals surface area contributed by atoms with Crippen molar-refractivity contribution >= 4 is 54.4 Å². The highest BCUT2D eigenvalue weighted by Crippen LogP contribution is 2.38. The van der Waals surface area contributed by atoms with Gasteiger partial charge in [-0.25, -0.2) is 0 Å². The van der Waals surface area contributed by atoms with Crippen molar-refractivity contribution in [3.63, 3.8) is 0 Å². The number of aromatic nitrogens is 3. The van der Waals surface area contributed by atoms with Gasteiger partial charge in [0, 0.05) is 39.6 Å². The molecule has 9 aromatic carbocycles. The molecule has 0 bridgehead atoms. The molecule has 0 aliphatic carbocycles. The van der Waals surface area contributed by atoms with E-state index in [-0.39, 0.29) is 0 Å². The van der Waals surface area contributed by atoms with Crippen LogP contribution in [0.1, 0.15) is 0 Å². The third-order valence-corrected chi connectivity index (χ3v) is 11.1. The van der Waals surface area contributed by atoms with Gasteiger partial charge in [-0.15, -0.1) is 0 Å². The molecular formula is C52H33N3. The first-order valence-electron chi connectivity index (χ1n) is 18.7. The van der Waals surface area contributed by atoms with Crippen LogP contribution in [0, 0.1) is 0 Å². The first-order valence-corrected chi connectivity index (χ1v) is 18.7. The molecule has 0 aliphatic rings. The molecule has 2 aromatic heterocycles. The van der Waals surface area contributed by atoms with Crippen LogP contribution < -0.4 is 0 Å². The Morgan fingerprint density at radius 1 is 0.273 bits per heavy atom. The molecule has 11 aromatic rings. The predicted octanol–water partition coefficient (Wildman–Crippen LogP) is 13.7. The second-order valence-electron chi connectivity index (χ2n) is 14.2. The van der Waals surface area contributed by atoms with Crippen LogP contribution in [-0.4, -0.2) is 14.5 Å². The quantitative estimate of drug-likeness (QED) is 0.167. The zero-order valence-electron chi connectivity index (χ0n) is 29.9. The van der Waals surface area contributed by atoms with Crippen molar-refractivity contribution in [3.8, 4) is 50.2 Å². The molecular weight excluding hydrogens is 667 g/mol. The minimum absolute atomic E-state index is 0.942. The van der Waals surface area contributed by atoms with Gasteiger partial charge in [0.2, 0.25) is 0 Å². The van der Waals surface area contributed by atoms with E-state index in [1.807, 2.05) is 0 Å². The van der Waals surface area contributed by atoms with Crippen molar-refractivity contribution in [2.75, 3.05) is 0 Å². The summed E-state index contributed by atoms with van der Waals surface area (Å²) in [5.41, 5.74) is 15.1. The molecule has 2 heterocycles. The van der Waals surface area contributed by atoms with Gasteiger partial charge in [0.05, 0.1) is 22.1 Å². The SMILES string of the molecule is c1ccc(-n2c3ccccc3c3cc(-c4ccc(-c5cccc(-c6ccc(-c7ccc8c(c7)c7ccccc7c7nccnc87)cc6)c5)cc4)ccc32)cc1. The van der Waals surface area contributed by atoms with Gasteiger partial charge in [-0.2, -0.15) is 0 Å². The van der Waals surface area contributed by atoms with E-state index in [2.05, 4.69) is 198 Å². The van der Waals surface area contributed by atoms with E-state index in [0.29, 0.717) is 0 Å². The maximum Gasteiger partial charge on any atom is 0.0971 e. The Balaban J connectivity index is 0.890. The number of fused-ring (bicyclic) bond motifs is 9. The first-order chi connectivity index (χ1) is 27.3. The zero-order valence-corrected chi connectivity index (χ0v) is 29.9. The Morgan fingerprint density at radius 3 is 1.36 bits per heavy atom. The van der Waals surface area contributed by atoms with Crippen LogP contribution in [0.15, 0.2) is 200 Å². The Labute approximate surface area is 318 Å². The van der Waals surface area contributed by atoms with Crippen LogP contribution >= 0.6 is 0 Å². The van der Waals surface area contributed by atoms with Crippen LogP contribution in [-0.2, 0) is 0 Å². The average Bonchev–Trinajstić information content (AvgIpc) is 3.60. The number of hydrogen-bond acceptors (Lipinski definition) is 2. The summed E-state index contributed by atoms with van der Waals surface area (Å²) in [6.45, 7) is 0. The van der Waals surface area contributed by atoms with Gasteiger partial charge in [0.1, 0.15) is 0 Å². The van der Waals surface area contributed by atoms with Crippen molar-refractivity contribution in [1.82, 2.24) is 14.5 Å². The minimum Gasteiger partial charge on any atom is -0.309 e. The summed E-state index contributed by atoms with van der Waals surface area (Å²) >= 11 is 0. The van der Waals surface area contributed by atoms with Crippen LogP contribution in [0.25, 0.3) is 105 Å². The average molecular weight is 700 g/mol. The largest absolute Gasteiger partial charge is 0.309 e. The highest BCUT2D eigenvalue weighted by atomic mass is 15.0. The van der Waals surface area contributed by atoms with E-state index in [9.17, 15) is 0 Å². The molecule has 0 N–H and O–H groups in total. The van der Waals surface area contributed by atoms with Crippen molar-refractivity contribution in [2.24, 2.45) is 0 Å². The Hall–Kier alpha value is -7.36. The number of para-hydroxylation sites is 2. The molecule has 3 nitrogen and oxygen atoms in total. The standard InChI is InChI=1S/C52H33N3/c1-2-11-42(12-3-1)55-49-16-7-6-14-44(49)48-33-41(26-28-50(48)55)37-23-19-35(20-24-37)39-10-8-9-38(31-39)34-17-21-36(22-18-34)40-25-27-46-47(32-40)43-13-4-5-15-45(43)51-52(46)54-30-29-53-51/h1-33H. The molecule has 0 saturated carbocycles. The molecule has 0 radical (unpaired) electrons. The Bertz CT molecular complexity index is 3200. The lowest BCUT2D eigenvalue weighted by atomic mass is 9.94. The van der Waals surface area contributed by atoms with E-state index in [4.69, 9.17) is 4.98 Å². The molecule has 3 heteroatoms. The highest BCUT2D eigenvalue weighted by Gasteiger charge is 2.14. The molecule has 0 fully saturated rings. The number of benzene rings is 9. The fourth-order valence-corrected chi connectivity index (χ4v) is 8.41. The smallest absolute Gasteiger partial charge is 0.0971 e. The molecule has 0 aliphatic heterocycles. The summed E-state index contributed by atoms with van der Waals surface area (Å²) in [6.07, 6.45) is 3.55. The third-order valence-electron chi connectivity index (χ3n) is 11.1. The lowest BCUT2D eigenvalue weighted by Crippen LogP contribution is -1.92. The van der Waals surface area contributed by atoms with E-state index >= 15 is 0 Å². The van der Waals surface area contributed by atoms with Crippen LogP contribution in [0.5, 0.6) is 0 Å². The van der Waals surface area contributed by atoms with Crippen molar-refractivity contribution < 1.29 is 0 Å². The summed E-state index contributed by atoms with van der Waals surface area (Å²) in [5, 5.41) is 7.17. The van der Waals surface area contributed by atoms with Gasteiger partial charge >= 0.3 is 0 Å². The first kappa shape index (κ1) is 31.2. The highest BCUT2D eigenvalue weighted by molar-refractivity contribution is 6.23. The van der Waals surface area contributed by atoms with Gasteiger partial charge in [-0.05, 0) is 97.7 Å². The molecule has 55 heavy (non-hydrogen) atoms. The summed E-state index contributed by atoms with van der Waals surface area (Å²) in [6, 6.07) is 68.1. The van der Waals surface area contributed by atoms with E-state index in [1.165, 1.54) is 82.8 Å². The van der Waals surface area contributed by atoms with E-state index in [0.717, 1.165) is 21.8 Å². The van der Waals surface area contributed by atoms with E-state index < -0.39 is 0 Å². The molecule has 11 rings (SSSR count). The predicted molar refractivity (Wildman–Crippen MR) is 231 cm³/mol. The normalized spacial score (nSPS) is 11.6. The molecule has 0 spiro atoms. The topological polar surface area (TPSA) is 30.7 Å². The molecule has 0 saturated heterocycles. The zero-order chi connectivity index (χ0) is 36.3. The van der Waals surface area contributed by atoms with Crippen molar-refractivity contribution in [1.29, 1.82) is 0 Å². The van der Waals surface area contributed by atoms with Gasteiger partial charge in [0.15, 0.2) is 0 Å². The van der Waals surface area contributed by atoms with Gasteiger partial charge in [-0.3, -0.25) is 9.97 Å². The minimum atomic E-state index is 0.942. The summed E-state index contributed by atoms with van der Waals surface area (Å²) in [5.74, 6) is 0. The molecule has 0 unspecified atom stereocenters. The number of hydrogen-bond donors (Lipinski definition) is 0. The summed E-state index contributed by atoms with van der Waals surface area (Å²) < 4.78 is 2.36.